The molecule has 0 spiro atoms. The van der Waals surface area contributed by atoms with Gasteiger partial charge in [0.05, 0.1) is 36.6 Å². The van der Waals surface area contributed by atoms with Crippen LogP contribution in [0, 0.1) is 139 Å². The summed E-state index contributed by atoms with van der Waals surface area (Å²) in [5, 5.41) is 93.1. The molecule has 0 saturated heterocycles. The monoisotopic (exact) mass is 1390 g/mol. The van der Waals surface area contributed by atoms with Gasteiger partial charge >= 0.3 is 186 Å². The molecule has 12 aliphatic carbocycles. The first-order valence-corrected chi connectivity index (χ1v) is 43.6. The number of amides is 1. The van der Waals surface area contributed by atoms with Crippen LogP contribution in [0.25, 0.3) is 0 Å². The number of rotatable bonds is 20. The van der Waals surface area contributed by atoms with Crippen LogP contribution in [-0.2, 0) is 4.79 Å². The molecular formula is C81H143NO9SSe. The quantitative estimate of drug-likeness (QED) is 0.0419. The van der Waals surface area contributed by atoms with Crippen molar-refractivity contribution in [1.29, 1.82) is 0 Å². The second kappa shape index (κ2) is 31.3. The minimum atomic E-state index is -0.671. The molecule has 0 aliphatic heterocycles. The number of thioether (sulfide) groups is 1. The van der Waals surface area contributed by atoms with Crippen LogP contribution in [0.15, 0.2) is 0 Å². The van der Waals surface area contributed by atoms with Gasteiger partial charge in [-0.05, 0) is 233 Å². The molecule has 0 bridgehead atoms. The molecule has 0 aromatic carbocycles. The Balaban J connectivity index is 0.000000153. The van der Waals surface area contributed by atoms with E-state index in [1.54, 1.807) is 0 Å². The van der Waals surface area contributed by atoms with Gasteiger partial charge in [0.15, 0.2) is 0 Å². The Morgan fingerprint density at radius 2 is 0.839 bits per heavy atom. The predicted molar refractivity (Wildman–Crippen MR) is 382 cm³/mol. The van der Waals surface area contributed by atoms with E-state index in [9.17, 15) is 45.6 Å². The number of aliphatic hydroxyl groups is 8. The van der Waals surface area contributed by atoms with Crippen molar-refractivity contribution in [2.24, 2.45) is 139 Å². The average molecular weight is 1390 g/mol. The molecule has 93 heavy (non-hydrogen) atoms. The van der Waals surface area contributed by atoms with Crippen molar-refractivity contribution in [3.63, 3.8) is 0 Å². The molecule has 12 aliphatic rings. The van der Waals surface area contributed by atoms with Crippen molar-refractivity contribution in [3.8, 4) is 0 Å². The maximum atomic E-state index is 12.1. The Morgan fingerprint density at radius 1 is 0.430 bits per heavy atom. The zero-order valence-corrected chi connectivity index (χ0v) is 63.8. The Hall–Kier alpha value is 0.0195. The van der Waals surface area contributed by atoms with Crippen molar-refractivity contribution >= 4 is 32.6 Å². The molecule has 0 aromatic heterocycles. The number of hydrogen-bond donors (Lipinski definition) is 9. The van der Waals surface area contributed by atoms with E-state index in [4.69, 9.17) is 0 Å². The summed E-state index contributed by atoms with van der Waals surface area (Å²) in [6.45, 7) is 29.6. The predicted octanol–water partition coefficient (Wildman–Crippen LogP) is 15.7. The molecule has 12 rings (SSSR count). The summed E-state index contributed by atoms with van der Waals surface area (Å²) >= 11 is 2.95. The number of hydrogen-bond acceptors (Lipinski definition) is 10. The first-order valence-electron chi connectivity index (χ1n) is 40.0. The number of carbonyl (C=O) groups is 1. The summed E-state index contributed by atoms with van der Waals surface area (Å²) in [5.74, 6) is 12.2. The standard InChI is InChI=1S/C27H47NO3.C27H48O3S.C27H48O3Se/c1-5-14-28-25(31)9-6-17(2)20-7-8-21-19-16-24(30)23-15-18(29)10-12-27(23,4)22(19)11-13-26(20,21)3;2*1-5-14-31-15-6-7-17(2)19-8-9-20-23-21(11-13-26(19,20)3)27(4)12-10-18(28)16-22(27)24(29)25(23)30/h17-24,29-30H,5-16H2,1-4H3,(H,28,31);2*17-25,28-30H,5-16H2,1-4H3/t17?,18-,19?,20?,21?,22?,23+,24+,26-,27-;2*17?,18-,19?,20?,21?,22+,23?,24+,25-,26-,27-/m111/s1. The molecule has 32 atom stereocenters. The van der Waals surface area contributed by atoms with Crippen LogP contribution in [0.3, 0.4) is 0 Å². The fourth-order valence-corrected chi connectivity index (χ4v) is 30.2. The van der Waals surface area contributed by atoms with E-state index in [1.807, 2.05) is 0 Å². The molecule has 10 nitrogen and oxygen atoms in total. The summed E-state index contributed by atoms with van der Waals surface area (Å²) < 4.78 is 0. The third-order valence-corrected chi connectivity index (χ3v) is 36.3. The zero-order chi connectivity index (χ0) is 67.2. The molecule has 538 valence electrons. The van der Waals surface area contributed by atoms with Gasteiger partial charge in [0.1, 0.15) is 0 Å². The van der Waals surface area contributed by atoms with Gasteiger partial charge in [-0.1, -0.05) is 55.4 Å². The van der Waals surface area contributed by atoms with E-state index in [0.29, 0.717) is 88.8 Å². The van der Waals surface area contributed by atoms with Crippen LogP contribution in [0.5, 0.6) is 0 Å². The number of aliphatic hydroxyl groups excluding tert-OH is 8. The van der Waals surface area contributed by atoms with Crippen molar-refractivity contribution in [3.05, 3.63) is 0 Å². The van der Waals surface area contributed by atoms with Gasteiger partial charge in [-0.2, -0.15) is 11.8 Å². The number of nitrogens with one attached hydrogen (secondary N) is 1. The molecule has 1 amide bonds. The molecule has 0 radical (unpaired) electrons. The molecule has 12 saturated carbocycles. The van der Waals surface area contributed by atoms with Gasteiger partial charge < -0.3 is 36.0 Å². The summed E-state index contributed by atoms with van der Waals surface area (Å²) in [4.78, 5) is 12.1. The molecule has 12 heteroatoms. The molecule has 0 heterocycles. The second-order valence-electron chi connectivity index (χ2n) is 36.9. The van der Waals surface area contributed by atoms with Crippen LogP contribution in [-0.4, -0.2) is 129 Å². The Bertz CT molecular complexity index is 2280. The van der Waals surface area contributed by atoms with Gasteiger partial charge in [0.25, 0.3) is 0 Å². The second-order valence-corrected chi connectivity index (χ2v) is 40.7. The van der Waals surface area contributed by atoms with Gasteiger partial charge in [-0.15, -0.1) is 0 Å². The molecular weight excluding hydrogens is 1240 g/mol. The van der Waals surface area contributed by atoms with Crippen molar-refractivity contribution in [1.82, 2.24) is 5.32 Å². The van der Waals surface area contributed by atoms with Crippen LogP contribution in [0.1, 0.15) is 282 Å². The van der Waals surface area contributed by atoms with Gasteiger partial charge in [0.2, 0.25) is 5.91 Å². The Morgan fingerprint density at radius 3 is 1.32 bits per heavy atom. The topological polar surface area (TPSA) is 191 Å². The fraction of sp³-hybridized carbons (Fsp3) is 0.988. The molecule has 0 aromatic rings. The van der Waals surface area contributed by atoms with E-state index in [1.165, 1.54) is 138 Å². The van der Waals surface area contributed by atoms with Crippen molar-refractivity contribution < 1.29 is 45.6 Å². The van der Waals surface area contributed by atoms with E-state index in [2.05, 4.69) is 100 Å². The van der Waals surface area contributed by atoms with Crippen molar-refractivity contribution in [2.45, 2.75) is 342 Å². The first-order chi connectivity index (χ1) is 44.2. The normalized spacial score (nSPS) is 49.5. The zero-order valence-electron chi connectivity index (χ0n) is 61.3. The van der Waals surface area contributed by atoms with Crippen LogP contribution < -0.4 is 5.32 Å². The van der Waals surface area contributed by atoms with Gasteiger partial charge in [-0.25, -0.2) is 0 Å². The average Bonchev–Trinajstić information content (AvgIpc) is 1.71. The van der Waals surface area contributed by atoms with Crippen LogP contribution >= 0.6 is 11.8 Å². The van der Waals surface area contributed by atoms with Crippen molar-refractivity contribution in [2.75, 3.05) is 18.1 Å². The Labute approximate surface area is 578 Å². The van der Waals surface area contributed by atoms with Gasteiger partial charge in [-0.3, -0.25) is 4.79 Å². The van der Waals surface area contributed by atoms with E-state index in [0.717, 1.165) is 109 Å². The van der Waals surface area contributed by atoms with E-state index >= 15 is 0 Å². The number of carbonyl (C=O) groups excluding carboxylic acids is 1. The summed E-state index contributed by atoms with van der Waals surface area (Å²) in [5.41, 5.74) is 1.35. The third kappa shape index (κ3) is 14.6. The number of fused-ring (bicyclic) bond motifs is 15. The SMILES string of the molecule is CCCNC(=O)CCC(C)C1CCC2C3C[C@H](O)[C@@H]4C[C@H](O)CC[C@]4(C)C3CC[C@]12C.CCCSCCCC(C)C1CCC2C3C(CC[C@]12C)[C@@]1(C)CC[C@@H](O)C[C@H]1[C@H](O)[C@@H]3O.CCC[Se]CCCC(C)C1CCC2C3C(CC[C@]12C)[C@@]1(C)CC[C@@H](O)C[C@H]1[C@H](O)[C@@H]3O. The fourth-order valence-electron chi connectivity index (χ4n) is 27.5. The van der Waals surface area contributed by atoms with Crippen LogP contribution in [0.4, 0.5) is 0 Å². The van der Waals surface area contributed by atoms with E-state index in [-0.39, 0.29) is 76.2 Å². The van der Waals surface area contributed by atoms with Gasteiger partial charge in [0, 0.05) is 13.0 Å². The third-order valence-electron chi connectivity index (χ3n) is 32.4. The first kappa shape index (κ1) is 75.7. The summed E-state index contributed by atoms with van der Waals surface area (Å²) in [6.07, 6.45) is 31.1. The minimum absolute atomic E-state index is 0.0496. The summed E-state index contributed by atoms with van der Waals surface area (Å²) in [7, 11) is 0. The molecule has 9 N–H and O–H groups in total. The summed E-state index contributed by atoms with van der Waals surface area (Å²) in [6, 6.07) is 0. The molecule has 12 fully saturated rings. The van der Waals surface area contributed by atoms with Crippen LogP contribution in [0.2, 0.25) is 10.6 Å². The van der Waals surface area contributed by atoms with E-state index < -0.39 is 24.4 Å². The maximum absolute atomic E-state index is 12.1. The molecule has 15 unspecified atom stereocenters. The Kier molecular flexibility index (Phi) is 25.5.